The molecule has 0 atom stereocenters. The molecule has 0 bridgehead atoms. The zero-order valence-electron chi connectivity index (χ0n) is 13.4. The van der Waals surface area contributed by atoms with Gasteiger partial charge in [0.2, 0.25) is 5.88 Å². The molecule has 1 N–H and O–H groups in total. The fourth-order valence-electron chi connectivity index (χ4n) is 2.23. The van der Waals surface area contributed by atoms with Crippen LogP contribution in [0.5, 0.6) is 5.88 Å². The monoisotopic (exact) mass is 339 g/mol. The van der Waals surface area contributed by atoms with Crippen LogP contribution in [0.3, 0.4) is 0 Å². The summed E-state index contributed by atoms with van der Waals surface area (Å²) in [6, 6.07) is 11.0. The summed E-state index contributed by atoms with van der Waals surface area (Å²) < 4.78 is 5.40. The maximum atomic E-state index is 12.4. The van der Waals surface area contributed by atoms with Gasteiger partial charge in [0, 0.05) is 22.8 Å². The number of nitrogens with one attached hydrogen (secondary N) is 1. The Morgan fingerprint density at radius 2 is 2.04 bits per heavy atom. The number of thiazole rings is 1. The van der Waals surface area contributed by atoms with Gasteiger partial charge in [-0.05, 0) is 38.1 Å². The lowest BCUT2D eigenvalue weighted by atomic mass is 10.1. The van der Waals surface area contributed by atoms with Crippen molar-refractivity contribution in [2.75, 3.05) is 11.9 Å². The summed E-state index contributed by atoms with van der Waals surface area (Å²) in [5.74, 6) is 0.0934. The Labute approximate surface area is 144 Å². The number of hydrogen-bond donors (Lipinski definition) is 1. The number of carbonyl (C=O) groups is 1. The molecule has 0 spiro atoms. The first-order valence-electron chi connectivity index (χ1n) is 7.59. The second-order valence-corrected chi connectivity index (χ2v) is 6.13. The molecule has 3 rings (SSSR count). The Kier molecular flexibility index (Phi) is 4.86. The molecule has 0 aliphatic rings. The minimum Gasteiger partial charge on any atom is -0.477 e. The quantitative estimate of drug-likeness (QED) is 0.758. The molecule has 1 amide bonds. The zero-order chi connectivity index (χ0) is 16.9. The Morgan fingerprint density at radius 3 is 2.71 bits per heavy atom. The summed E-state index contributed by atoms with van der Waals surface area (Å²) in [6.07, 6.45) is 1.60. The van der Waals surface area contributed by atoms with E-state index in [2.05, 4.69) is 15.3 Å². The number of benzene rings is 1. The summed E-state index contributed by atoms with van der Waals surface area (Å²) in [6.45, 7) is 4.29. The van der Waals surface area contributed by atoms with Crippen molar-refractivity contribution >= 4 is 22.9 Å². The van der Waals surface area contributed by atoms with E-state index in [0.29, 0.717) is 23.7 Å². The number of pyridine rings is 1. The fourth-order valence-corrected chi connectivity index (χ4v) is 2.86. The molecule has 0 saturated carbocycles. The number of nitrogens with zero attached hydrogens (tertiary/aromatic N) is 2. The summed E-state index contributed by atoms with van der Waals surface area (Å²) in [5.41, 5.74) is 3.09. The van der Waals surface area contributed by atoms with Crippen LogP contribution in [0.2, 0.25) is 0 Å². The lowest BCUT2D eigenvalue weighted by molar-refractivity contribution is 0.102. The number of anilines is 1. The van der Waals surface area contributed by atoms with Crippen molar-refractivity contribution in [3.8, 4) is 17.1 Å². The molecule has 3 aromatic rings. The molecule has 0 saturated heterocycles. The van der Waals surface area contributed by atoms with Crippen LogP contribution < -0.4 is 10.1 Å². The van der Waals surface area contributed by atoms with Gasteiger partial charge in [-0.25, -0.2) is 9.97 Å². The highest BCUT2D eigenvalue weighted by Crippen LogP contribution is 2.24. The van der Waals surface area contributed by atoms with Gasteiger partial charge in [-0.1, -0.05) is 12.1 Å². The Hall–Kier alpha value is -2.73. The largest absolute Gasteiger partial charge is 0.477 e. The second-order valence-electron chi connectivity index (χ2n) is 5.07. The molecule has 0 radical (unpaired) electrons. The number of hydrogen-bond acceptors (Lipinski definition) is 5. The third-order valence-corrected chi connectivity index (χ3v) is 4.13. The van der Waals surface area contributed by atoms with E-state index < -0.39 is 0 Å². The van der Waals surface area contributed by atoms with Gasteiger partial charge in [0.1, 0.15) is 5.56 Å². The molecule has 0 aliphatic heterocycles. The first kappa shape index (κ1) is 16.1. The molecule has 0 aliphatic carbocycles. The number of amides is 1. The first-order chi connectivity index (χ1) is 11.7. The van der Waals surface area contributed by atoms with Crippen molar-refractivity contribution in [2.24, 2.45) is 0 Å². The molecule has 6 heteroatoms. The van der Waals surface area contributed by atoms with Crippen LogP contribution in [0.15, 0.2) is 48.0 Å². The normalized spacial score (nSPS) is 10.4. The minimum atomic E-state index is -0.246. The first-order valence-corrected chi connectivity index (χ1v) is 8.47. The lowest BCUT2D eigenvalue weighted by Gasteiger charge is -2.09. The molecule has 5 nitrogen and oxygen atoms in total. The maximum absolute atomic E-state index is 12.4. The molecule has 2 aromatic heterocycles. The van der Waals surface area contributed by atoms with Crippen LogP contribution >= 0.6 is 11.3 Å². The van der Waals surface area contributed by atoms with E-state index in [1.165, 1.54) is 0 Å². The Balaban J connectivity index is 1.75. The number of carbonyl (C=O) groups excluding carboxylic acids is 1. The molecular formula is C18H17N3O2S. The molecule has 0 unspecified atom stereocenters. The highest BCUT2D eigenvalue weighted by atomic mass is 32.1. The van der Waals surface area contributed by atoms with Crippen molar-refractivity contribution < 1.29 is 9.53 Å². The van der Waals surface area contributed by atoms with Crippen LogP contribution in [0, 0.1) is 6.92 Å². The van der Waals surface area contributed by atoms with Crippen molar-refractivity contribution in [3.63, 3.8) is 0 Å². The van der Waals surface area contributed by atoms with E-state index in [-0.39, 0.29) is 5.91 Å². The van der Waals surface area contributed by atoms with Gasteiger partial charge in [-0.3, -0.25) is 4.79 Å². The van der Waals surface area contributed by atoms with Gasteiger partial charge in [-0.15, -0.1) is 11.3 Å². The third kappa shape index (κ3) is 3.60. The highest BCUT2D eigenvalue weighted by Gasteiger charge is 2.13. The van der Waals surface area contributed by atoms with Crippen LogP contribution in [0.1, 0.15) is 22.3 Å². The van der Waals surface area contributed by atoms with E-state index >= 15 is 0 Å². The van der Waals surface area contributed by atoms with Crippen LogP contribution in [-0.2, 0) is 0 Å². The van der Waals surface area contributed by atoms with Gasteiger partial charge in [-0.2, -0.15) is 0 Å². The van der Waals surface area contributed by atoms with Gasteiger partial charge in [0.15, 0.2) is 0 Å². The molecule has 1 aromatic carbocycles. The van der Waals surface area contributed by atoms with E-state index in [1.807, 2.05) is 43.5 Å². The maximum Gasteiger partial charge on any atom is 0.261 e. The molecule has 24 heavy (non-hydrogen) atoms. The second kappa shape index (κ2) is 7.23. The van der Waals surface area contributed by atoms with Gasteiger partial charge in [0.25, 0.3) is 5.91 Å². The number of ether oxygens (including phenoxy) is 1. The number of aryl methyl sites for hydroxylation is 1. The average molecular weight is 339 g/mol. The van der Waals surface area contributed by atoms with Crippen molar-refractivity contribution in [3.05, 3.63) is 58.5 Å². The third-order valence-electron chi connectivity index (χ3n) is 3.35. The van der Waals surface area contributed by atoms with E-state index in [1.54, 1.807) is 29.7 Å². The van der Waals surface area contributed by atoms with E-state index in [0.717, 1.165) is 16.3 Å². The summed E-state index contributed by atoms with van der Waals surface area (Å²) in [7, 11) is 0. The zero-order valence-corrected chi connectivity index (χ0v) is 14.3. The predicted molar refractivity (Wildman–Crippen MR) is 95.6 cm³/mol. The average Bonchev–Trinajstić information content (AvgIpc) is 3.03. The number of aromatic nitrogens is 2. The molecule has 2 heterocycles. The summed E-state index contributed by atoms with van der Waals surface area (Å²) in [4.78, 5) is 21.0. The van der Waals surface area contributed by atoms with E-state index in [4.69, 9.17) is 4.74 Å². The van der Waals surface area contributed by atoms with Gasteiger partial charge in [0.05, 0.1) is 17.3 Å². The summed E-state index contributed by atoms with van der Waals surface area (Å²) in [5, 5.41) is 5.91. The minimum absolute atomic E-state index is 0.246. The van der Waals surface area contributed by atoms with Crippen molar-refractivity contribution in [2.45, 2.75) is 13.8 Å². The Morgan fingerprint density at radius 1 is 1.25 bits per heavy atom. The van der Waals surface area contributed by atoms with Crippen molar-refractivity contribution in [1.29, 1.82) is 0 Å². The van der Waals surface area contributed by atoms with Gasteiger partial charge < -0.3 is 10.1 Å². The van der Waals surface area contributed by atoms with Crippen molar-refractivity contribution in [1.82, 2.24) is 9.97 Å². The summed E-state index contributed by atoms with van der Waals surface area (Å²) >= 11 is 1.62. The number of rotatable bonds is 5. The Bertz CT molecular complexity index is 843. The fraction of sp³-hybridized carbons (Fsp3) is 0.167. The van der Waals surface area contributed by atoms with Crippen LogP contribution in [-0.4, -0.2) is 22.5 Å². The smallest absolute Gasteiger partial charge is 0.261 e. The van der Waals surface area contributed by atoms with Gasteiger partial charge >= 0.3 is 0 Å². The molecular weight excluding hydrogens is 322 g/mol. The highest BCUT2D eigenvalue weighted by molar-refractivity contribution is 7.09. The SMILES string of the molecule is CCOc1ncccc1C(=O)Nc1ccc(-c2csc(C)n2)cc1. The predicted octanol–water partition coefficient (Wildman–Crippen LogP) is 4.16. The van der Waals surface area contributed by atoms with E-state index in [9.17, 15) is 4.79 Å². The standard InChI is InChI=1S/C18H17N3O2S/c1-3-23-18-15(5-4-10-19-18)17(22)21-14-8-6-13(7-9-14)16-11-24-12(2)20-16/h4-11H,3H2,1-2H3,(H,21,22). The van der Waals surface area contributed by atoms with Crippen LogP contribution in [0.4, 0.5) is 5.69 Å². The van der Waals surface area contributed by atoms with Crippen LogP contribution in [0.25, 0.3) is 11.3 Å². The topological polar surface area (TPSA) is 64.1 Å². The molecule has 0 fully saturated rings. The lowest BCUT2D eigenvalue weighted by Crippen LogP contribution is -2.14. The molecule has 122 valence electrons.